The summed E-state index contributed by atoms with van der Waals surface area (Å²) in [6.45, 7) is 0. The number of furan rings is 1. The highest BCUT2D eigenvalue weighted by Gasteiger charge is 2.22. The number of rotatable bonds is 3. The molecule has 2 aromatic heterocycles. The van der Waals surface area contributed by atoms with Gasteiger partial charge in [-0.2, -0.15) is 0 Å². The fourth-order valence-electron chi connectivity index (χ4n) is 3.69. The number of aryl methyl sites for hydroxylation is 1. The maximum Gasteiger partial charge on any atom is 0.262 e. The first-order valence-corrected chi connectivity index (χ1v) is 9.26. The molecule has 3 aromatic carbocycles. The third kappa shape index (κ3) is 2.79. The molecular formula is C24H17FN2O2. The van der Waals surface area contributed by atoms with E-state index in [0.29, 0.717) is 28.0 Å². The molecule has 5 rings (SSSR count). The van der Waals surface area contributed by atoms with Gasteiger partial charge in [0, 0.05) is 18.1 Å². The van der Waals surface area contributed by atoms with Crippen LogP contribution in [-0.4, -0.2) is 4.57 Å². The van der Waals surface area contributed by atoms with Crippen LogP contribution in [0.4, 0.5) is 16.0 Å². The second kappa shape index (κ2) is 6.63. The first-order valence-electron chi connectivity index (χ1n) is 9.26. The Morgan fingerprint density at radius 2 is 1.59 bits per heavy atom. The number of benzene rings is 3. The summed E-state index contributed by atoms with van der Waals surface area (Å²) >= 11 is 0. The third-order valence-corrected chi connectivity index (χ3v) is 5.10. The monoisotopic (exact) mass is 384 g/mol. The van der Waals surface area contributed by atoms with E-state index in [4.69, 9.17) is 4.42 Å². The van der Waals surface area contributed by atoms with E-state index in [1.54, 1.807) is 23.7 Å². The smallest absolute Gasteiger partial charge is 0.262 e. The zero-order valence-electron chi connectivity index (χ0n) is 15.6. The van der Waals surface area contributed by atoms with Crippen molar-refractivity contribution in [2.24, 2.45) is 7.05 Å². The second-order valence-corrected chi connectivity index (χ2v) is 6.89. The fourth-order valence-corrected chi connectivity index (χ4v) is 3.69. The van der Waals surface area contributed by atoms with Crippen molar-refractivity contribution in [1.82, 2.24) is 4.57 Å². The molecule has 0 saturated carbocycles. The van der Waals surface area contributed by atoms with Crippen molar-refractivity contribution < 1.29 is 8.81 Å². The minimum Gasteiger partial charge on any atom is -0.439 e. The van der Waals surface area contributed by atoms with Crippen molar-refractivity contribution in [3.63, 3.8) is 0 Å². The molecule has 0 saturated heterocycles. The molecule has 29 heavy (non-hydrogen) atoms. The van der Waals surface area contributed by atoms with Crippen molar-refractivity contribution in [3.05, 3.63) is 95.0 Å². The highest BCUT2D eigenvalue weighted by atomic mass is 19.1. The molecule has 0 bridgehead atoms. The Morgan fingerprint density at radius 3 is 2.34 bits per heavy atom. The molecule has 0 spiro atoms. The van der Waals surface area contributed by atoms with E-state index in [1.165, 1.54) is 12.1 Å². The van der Waals surface area contributed by atoms with Crippen LogP contribution in [0.5, 0.6) is 0 Å². The highest BCUT2D eigenvalue weighted by Crippen LogP contribution is 2.40. The number of anilines is 2. The van der Waals surface area contributed by atoms with Crippen LogP contribution in [-0.2, 0) is 7.05 Å². The van der Waals surface area contributed by atoms with E-state index in [9.17, 15) is 9.18 Å². The van der Waals surface area contributed by atoms with Gasteiger partial charge in [-0.15, -0.1) is 0 Å². The van der Waals surface area contributed by atoms with Gasteiger partial charge in [0.05, 0.1) is 16.5 Å². The fraction of sp³-hybridized carbons (Fsp3) is 0.0417. The van der Waals surface area contributed by atoms with E-state index in [0.717, 1.165) is 16.6 Å². The predicted octanol–water partition coefficient (Wildman–Crippen LogP) is 5.83. The van der Waals surface area contributed by atoms with E-state index < -0.39 is 0 Å². The summed E-state index contributed by atoms with van der Waals surface area (Å²) < 4.78 is 21.4. The second-order valence-electron chi connectivity index (χ2n) is 6.89. The van der Waals surface area contributed by atoms with Gasteiger partial charge in [-0.25, -0.2) is 4.39 Å². The van der Waals surface area contributed by atoms with Crippen LogP contribution in [0.25, 0.3) is 33.0 Å². The molecule has 0 aliphatic carbocycles. The number of nitrogens with zero attached hydrogens (tertiary/aromatic N) is 1. The lowest BCUT2D eigenvalue weighted by atomic mass is 10.0. The van der Waals surface area contributed by atoms with Crippen molar-refractivity contribution >= 4 is 33.4 Å². The van der Waals surface area contributed by atoms with E-state index >= 15 is 0 Å². The van der Waals surface area contributed by atoms with Gasteiger partial charge in [0.2, 0.25) is 5.88 Å². The molecule has 0 aliphatic heterocycles. The Balaban J connectivity index is 1.89. The van der Waals surface area contributed by atoms with E-state index in [1.807, 2.05) is 54.6 Å². The lowest BCUT2D eigenvalue weighted by Crippen LogP contribution is -2.17. The first-order chi connectivity index (χ1) is 14.1. The minimum absolute atomic E-state index is 0.164. The first kappa shape index (κ1) is 17.3. The third-order valence-electron chi connectivity index (χ3n) is 5.10. The normalized spacial score (nSPS) is 11.2. The largest absolute Gasteiger partial charge is 0.439 e. The van der Waals surface area contributed by atoms with Crippen LogP contribution in [0.15, 0.2) is 88.1 Å². The average molecular weight is 384 g/mol. The lowest BCUT2D eigenvalue weighted by Gasteiger charge is -2.07. The van der Waals surface area contributed by atoms with Crippen LogP contribution >= 0.6 is 0 Å². The van der Waals surface area contributed by atoms with Crippen molar-refractivity contribution in [1.29, 1.82) is 0 Å². The highest BCUT2D eigenvalue weighted by molar-refractivity contribution is 6.11. The predicted molar refractivity (Wildman–Crippen MR) is 114 cm³/mol. The Morgan fingerprint density at radius 1 is 0.897 bits per heavy atom. The van der Waals surface area contributed by atoms with E-state index in [2.05, 4.69) is 5.32 Å². The number of nitrogens with one attached hydrogen (secondary N) is 1. The van der Waals surface area contributed by atoms with E-state index in [-0.39, 0.29) is 11.4 Å². The van der Waals surface area contributed by atoms with Gasteiger partial charge in [-0.05, 0) is 42.0 Å². The zero-order chi connectivity index (χ0) is 20.0. The van der Waals surface area contributed by atoms with Crippen LogP contribution in [0, 0.1) is 5.82 Å². The molecule has 0 unspecified atom stereocenters. The Hall–Kier alpha value is -3.86. The maximum atomic E-state index is 13.5. The zero-order valence-corrected chi connectivity index (χ0v) is 15.6. The molecule has 2 heterocycles. The molecule has 0 amide bonds. The summed E-state index contributed by atoms with van der Waals surface area (Å²) in [5.41, 5.74) is 3.29. The number of hydrogen-bond acceptors (Lipinski definition) is 3. The SMILES string of the molecule is Cn1c(=O)c2c(-c3ccc(F)cc3)c(Nc3ccccc3)oc2c2ccccc21. The molecule has 0 aliphatic rings. The van der Waals surface area contributed by atoms with Gasteiger partial charge in [-0.3, -0.25) is 4.79 Å². The molecule has 4 nitrogen and oxygen atoms in total. The molecular weight excluding hydrogens is 367 g/mol. The number of para-hydroxylation sites is 2. The topological polar surface area (TPSA) is 47.2 Å². The molecule has 0 atom stereocenters. The number of hydrogen-bond donors (Lipinski definition) is 1. The van der Waals surface area contributed by atoms with Gasteiger partial charge >= 0.3 is 0 Å². The van der Waals surface area contributed by atoms with Crippen LogP contribution in [0.2, 0.25) is 0 Å². The van der Waals surface area contributed by atoms with Crippen LogP contribution < -0.4 is 10.9 Å². The Bertz CT molecular complexity index is 1400. The van der Waals surface area contributed by atoms with Gasteiger partial charge in [-0.1, -0.05) is 42.5 Å². The van der Waals surface area contributed by atoms with Gasteiger partial charge < -0.3 is 14.3 Å². The molecule has 5 aromatic rings. The number of fused-ring (bicyclic) bond motifs is 3. The summed E-state index contributed by atoms with van der Waals surface area (Å²) in [6.07, 6.45) is 0. The van der Waals surface area contributed by atoms with Crippen molar-refractivity contribution in [3.8, 4) is 11.1 Å². The number of aromatic nitrogens is 1. The molecule has 5 heteroatoms. The van der Waals surface area contributed by atoms with Gasteiger partial charge in [0.15, 0.2) is 5.58 Å². The maximum absolute atomic E-state index is 13.5. The Kier molecular flexibility index (Phi) is 3.95. The average Bonchev–Trinajstić information content (AvgIpc) is 3.12. The van der Waals surface area contributed by atoms with Crippen LogP contribution in [0.1, 0.15) is 0 Å². The quantitative estimate of drug-likeness (QED) is 0.425. The molecule has 142 valence electrons. The minimum atomic E-state index is -0.336. The van der Waals surface area contributed by atoms with Crippen LogP contribution in [0.3, 0.4) is 0 Å². The number of pyridine rings is 1. The van der Waals surface area contributed by atoms with Crippen molar-refractivity contribution in [2.45, 2.75) is 0 Å². The molecule has 0 fully saturated rings. The summed E-state index contributed by atoms with van der Waals surface area (Å²) in [5.74, 6) is 0.115. The standard InChI is InChI=1S/C24H17FN2O2/c1-27-19-10-6-5-9-18(19)22-21(24(27)28)20(15-11-13-16(25)14-12-15)23(29-22)26-17-7-3-2-4-8-17/h2-14,26H,1H3. The summed E-state index contributed by atoms with van der Waals surface area (Å²) in [6, 6.07) is 23.3. The lowest BCUT2D eigenvalue weighted by molar-refractivity contribution is 0.627. The van der Waals surface area contributed by atoms with Gasteiger partial charge in [0.1, 0.15) is 5.82 Å². The summed E-state index contributed by atoms with van der Waals surface area (Å²) in [4.78, 5) is 13.3. The summed E-state index contributed by atoms with van der Waals surface area (Å²) in [7, 11) is 1.75. The Labute approximate surface area is 165 Å². The van der Waals surface area contributed by atoms with Crippen molar-refractivity contribution in [2.75, 3.05) is 5.32 Å². The molecule has 1 N–H and O–H groups in total. The number of halogens is 1. The van der Waals surface area contributed by atoms with Gasteiger partial charge in [0.25, 0.3) is 5.56 Å². The summed E-state index contributed by atoms with van der Waals surface area (Å²) in [5, 5.41) is 4.59. The molecule has 0 radical (unpaired) electrons.